The number of aryl methyl sites for hydroxylation is 1. The third-order valence-electron chi connectivity index (χ3n) is 5.46. The third-order valence-corrected chi connectivity index (χ3v) is 5.46. The third kappa shape index (κ3) is 5.27. The van der Waals surface area contributed by atoms with Gasteiger partial charge in [-0.1, -0.05) is 0 Å². The normalized spacial score (nSPS) is 25.3. The first-order valence-corrected chi connectivity index (χ1v) is 9.47. The van der Waals surface area contributed by atoms with Crippen LogP contribution in [0.15, 0.2) is 18.2 Å². The van der Waals surface area contributed by atoms with Crippen LogP contribution >= 0.6 is 0 Å². The highest BCUT2D eigenvalue weighted by atomic mass is 19.4. The lowest BCUT2D eigenvalue weighted by Gasteiger charge is -2.37. The maximum atomic E-state index is 12.5. The Morgan fingerprint density at radius 3 is 2.31 bits per heavy atom. The molecule has 0 radical (unpaired) electrons. The molecule has 0 aromatic heterocycles. The first-order valence-electron chi connectivity index (χ1n) is 9.47. The van der Waals surface area contributed by atoms with E-state index in [0.29, 0.717) is 38.3 Å². The van der Waals surface area contributed by atoms with Gasteiger partial charge in [-0.05, 0) is 56.4 Å². The summed E-state index contributed by atoms with van der Waals surface area (Å²) in [5.74, 6) is 0. The van der Waals surface area contributed by atoms with Crippen molar-refractivity contribution < 1.29 is 13.2 Å². The predicted octanol–water partition coefficient (Wildman–Crippen LogP) is 3.36. The minimum Gasteiger partial charge on any atom is -0.382 e. The minimum absolute atomic E-state index is 0.341. The Kier molecular flexibility index (Phi) is 5.97. The van der Waals surface area contributed by atoms with Crippen molar-refractivity contribution in [3.63, 3.8) is 0 Å². The zero-order valence-corrected chi connectivity index (χ0v) is 15.4. The van der Waals surface area contributed by atoms with Crippen LogP contribution < -0.4 is 16.0 Å². The van der Waals surface area contributed by atoms with E-state index in [1.54, 1.807) is 0 Å². The quantitative estimate of drug-likeness (QED) is 0.853. The molecule has 1 saturated heterocycles. The Hall–Kier alpha value is -1.47. The van der Waals surface area contributed by atoms with Crippen LogP contribution in [0.4, 0.5) is 24.5 Å². The molecule has 4 nitrogen and oxygen atoms in total. The highest BCUT2D eigenvalue weighted by Crippen LogP contribution is 2.27. The molecule has 1 aliphatic carbocycles. The summed E-state index contributed by atoms with van der Waals surface area (Å²) in [5, 5.41) is 3.60. The molecule has 3 rings (SSSR count). The molecule has 1 aromatic rings. The lowest BCUT2D eigenvalue weighted by molar-refractivity contribution is -0.146. The van der Waals surface area contributed by atoms with Crippen molar-refractivity contribution in [2.24, 2.45) is 5.73 Å². The summed E-state index contributed by atoms with van der Waals surface area (Å²) in [6, 6.07) is 7.13. The van der Waals surface area contributed by atoms with Crippen LogP contribution in [0.1, 0.15) is 31.2 Å². The van der Waals surface area contributed by atoms with E-state index in [4.69, 9.17) is 5.73 Å². The fourth-order valence-electron chi connectivity index (χ4n) is 4.00. The second-order valence-corrected chi connectivity index (χ2v) is 7.64. The summed E-state index contributed by atoms with van der Waals surface area (Å²) in [6.45, 7) is 3.41. The Bertz CT molecular complexity index is 589. The smallest absolute Gasteiger partial charge is 0.382 e. The molecule has 3 N–H and O–H groups in total. The molecule has 1 aliphatic heterocycles. The Morgan fingerprint density at radius 1 is 1.08 bits per heavy atom. The van der Waals surface area contributed by atoms with Crippen LogP contribution in [0, 0.1) is 6.92 Å². The number of nitrogens with zero attached hydrogens (tertiary/aromatic N) is 2. The van der Waals surface area contributed by atoms with E-state index in [2.05, 4.69) is 35.3 Å². The van der Waals surface area contributed by atoms with Gasteiger partial charge in [-0.3, -0.25) is 4.90 Å². The van der Waals surface area contributed by atoms with Crippen LogP contribution in [0.25, 0.3) is 0 Å². The van der Waals surface area contributed by atoms with E-state index in [1.165, 1.54) is 4.90 Å². The first kappa shape index (κ1) is 19.3. The molecule has 0 unspecified atom stereocenters. The molecule has 0 bridgehead atoms. The molecule has 1 aromatic carbocycles. The van der Waals surface area contributed by atoms with E-state index in [9.17, 15) is 13.2 Å². The molecule has 0 spiro atoms. The number of hydrogen-bond donors (Lipinski definition) is 2. The summed E-state index contributed by atoms with van der Waals surface area (Å²) in [4.78, 5) is 3.67. The molecule has 1 heterocycles. The summed E-state index contributed by atoms with van der Waals surface area (Å²) in [5.41, 5.74) is 9.35. The summed E-state index contributed by atoms with van der Waals surface area (Å²) in [6.07, 6.45) is 0.217. The van der Waals surface area contributed by atoms with Crippen molar-refractivity contribution in [2.75, 3.05) is 42.9 Å². The summed E-state index contributed by atoms with van der Waals surface area (Å²) < 4.78 is 37.5. The number of rotatable bonds is 4. The van der Waals surface area contributed by atoms with Gasteiger partial charge in [0.25, 0.3) is 0 Å². The van der Waals surface area contributed by atoms with E-state index < -0.39 is 12.7 Å². The number of piperazine rings is 1. The van der Waals surface area contributed by atoms with E-state index in [0.717, 1.165) is 42.6 Å². The fourth-order valence-corrected chi connectivity index (χ4v) is 4.00. The van der Waals surface area contributed by atoms with Gasteiger partial charge in [-0.15, -0.1) is 0 Å². The van der Waals surface area contributed by atoms with Crippen molar-refractivity contribution in [3.8, 4) is 0 Å². The van der Waals surface area contributed by atoms with Crippen molar-refractivity contribution in [1.29, 1.82) is 0 Å². The lowest BCUT2D eigenvalue weighted by Crippen LogP contribution is -2.49. The van der Waals surface area contributed by atoms with Crippen LogP contribution in [0.2, 0.25) is 0 Å². The SMILES string of the molecule is Cc1cc(NC2CCC(N)CC2)ccc1N1CCN(CC(F)(F)F)CC1. The summed E-state index contributed by atoms with van der Waals surface area (Å²) in [7, 11) is 0. The molecule has 26 heavy (non-hydrogen) atoms. The van der Waals surface area contributed by atoms with Gasteiger partial charge in [0.05, 0.1) is 6.54 Å². The Morgan fingerprint density at radius 2 is 1.73 bits per heavy atom. The van der Waals surface area contributed by atoms with Gasteiger partial charge < -0.3 is 16.0 Å². The summed E-state index contributed by atoms with van der Waals surface area (Å²) >= 11 is 0. The largest absolute Gasteiger partial charge is 0.401 e. The monoisotopic (exact) mass is 370 g/mol. The number of anilines is 2. The van der Waals surface area contributed by atoms with Crippen LogP contribution in [0.5, 0.6) is 0 Å². The second-order valence-electron chi connectivity index (χ2n) is 7.64. The van der Waals surface area contributed by atoms with Crippen LogP contribution in [0.3, 0.4) is 0 Å². The van der Waals surface area contributed by atoms with Crippen molar-refractivity contribution in [3.05, 3.63) is 23.8 Å². The zero-order chi connectivity index (χ0) is 18.7. The van der Waals surface area contributed by atoms with Gasteiger partial charge in [0.1, 0.15) is 0 Å². The molecule has 0 amide bonds. The van der Waals surface area contributed by atoms with Crippen LogP contribution in [-0.4, -0.2) is 55.9 Å². The number of hydrogen-bond acceptors (Lipinski definition) is 4. The van der Waals surface area contributed by atoms with Crippen molar-refractivity contribution >= 4 is 11.4 Å². The number of nitrogens with two attached hydrogens (primary N) is 1. The van der Waals surface area contributed by atoms with Crippen molar-refractivity contribution in [2.45, 2.75) is 50.9 Å². The van der Waals surface area contributed by atoms with Gasteiger partial charge >= 0.3 is 6.18 Å². The maximum Gasteiger partial charge on any atom is 0.401 e. The average Bonchev–Trinajstić information content (AvgIpc) is 2.57. The second kappa shape index (κ2) is 8.05. The highest BCUT2D eigenvalue weighted by Gasteiger charge is 2.32. The minimum atomic E-state index is -4.12. The Labute approximate surface area is 153 Å². The molecule has 146 valence electrons. The molecule has 2 fully saturated rings. The van der Waals surface area contributed by atoms with E-state index in [-0.39, 0.29) is 0 Å². The van der Waals surface area contributed by atoms with E-state index >= 15 is 0 Å². The number of alkyl halides is 3. The standard InChI is InChI=1S/C19H29F3N4/c1-14-12-17(24-16-4-2-15(23)3-5-16)6-7-18(14)26-10-8-25(9-11-26)13-19(20,21)22/h6-7,12,15-16,24H,2-5,8-11,13,23H2,1H3. The molecular weight excluding hydrogens is 341 g/mol. The van der Waals surface area contributed by atoms with Gasteiger partial charge in [0, 0.05) is 49.6 Å². The fraction of sp³-hybridized carbons (Fsp3) is 0.684. The van der Waals surface area contributed by atoms with Gasteiger partial charge in [-0.2, -0.15) is 13.2 Å². The van der Waals surface area contributed by atoms with Gasteiger partial charge in [0.2, 0.25) is 0 Å². The maximum absolute atomic E-state index is 12.5. The molecule has 7 heteroatoms. The van der Waals surface area contributed by atoms with Crippen LogP contribution in [-0.2, 0) is 0 Å². The van der Waals surface area contributed by atoms with Gasteiger partial charge in [-0.25, -0.2) is 0 Å². The topological polar surface area (TPSA) is 44.5 Å². The number of nitrogens with one attached hydrogen (secondary N) is 1. The lowest BCUT2D eigenvalue weighted by atomic mass is 9.91. The molecule has 1 saturated carbocycles. The Balaban J connectivity index is 1.55. The first-order chi connectivity index (χ1) is 12.3. The zero-order valence-electron chi connectivity index (χ0n) is 15.4. The average molecular weight is 370 g/mol. The highest BCUT2D eigenvalue weighted by molar-refractivity contribution is 5.61. The van der Waals surface area contributed by atoms with Gasteiger partial charge in [0.15, 0.2) is 0 Å². The molecular formula is C19H29F3N4. The number of halogens is 3. The predicted molar refractivity (Wildman–Crippen MR) is 99.7 cm³/mol. The molecule has 2 aliphatic rings. The van der Waals surface area contributed by atoms with E-state index in [1.807, 2.05) is 0 Å². The molecule has 0 atom stereocenters. The number of benzene rings is 1. The van der Waals surface area contributed by atoms with Crippen molar-refractivity contribution in [1.82, 2.24) is 4.90 Å².